The van der Waals surface area contributed by atoms with Crippen molar-refractivity contribution in [1.29, 1.82) is 0 Å². The number of benzene rings is 1. The van der Waals surface area contributed by atoms with Gasteiger partial charge in [-0.2, -0.15) is 13.2 Å². The normalized spacial score (nSPS) is 18.1. The Balaban J connectivity index is 1.19. The minimum atomic E-state index is -4.45. The van der Waals surface area contributed by atoms with Crippen molar-refractivity contribution >= 4 is 28.8 Å². The lowest BCUT2D eigenvalue weighted by Crippen LogP contribution is -2.42. The third-order valence-corrected chi connectivity index (χ3v) is 7.20. The molecule has 4 aromatic rings. The molecule has 11 nitrogen and oxygen atoms in total. The lowest BCUT2D eigenvalue weighted by Gasteiger charge is -2.32. The van der Waals surface area contributed by atoms with E-state index in [-0.39, 0.29) is 37.0 Å². The molecule has 1 aliphatic heterocycles. The van der Waals surface area contributed by atoms with E-state index in [1.54, 1.807) is 31.2 Å². The average molecular weight is 542 g/mol. The highest BCUT2D eigenvalue weighted by molar-refractivity contribution is 5.98. The van der Waals surface area contributed by atoms with Gasteiger partial charge in [-0.05, 0) is 50.5 Å². The van der Waals surface area contributed by atoms with Crippen LogP contribution in [0.4, 0.5) is 28.6 Å². The van der Waals surface area contributed by atoms with Crippen LogP contribution >= 0.6 is 0 Å². The molecule has 1 aromatic carbocycles. The number of hydrogen-bond donors (Lipinski definition) is 2. The molecule has 39 heavy (non-hydrogen) atoms. The quantitative estimate of drug-likeness (QED) is 0.354. The predicted octanol–water partition coefficient (Wildman–Crippen LogP) is 5.31. The number of halogens is 3. The van der Waals surface area contributed by atoms with Crippen molar-refractivity contribution in [2.45, 2.75) is 50.4 Å². The fraction of sp³-hybridized carbons (Fsp3) is 0.320. The van der Waals surface area contributed by atoms with Gasteiger partial charge in [0.25, 0.3) is 0 Å². The Morgan fingerprint density at radius 2 is 2.00 bits per heavy atom. The molecule has 1 unspecified atom stereocenters. The maximum absolute atomic E-state index is 13.3. The molecule has 4 heterocycles. The van der Waals surface area contributed by atoms with Crippen LogP contribution in [0.25, 0.3) is 10.9 Å². The van der Waals surface area contributed by atoms with E-state index in [9.17, 15) is 27.9 Å². The summed E-state index contributed by atoms with van der Waals surface area (Å²) in [6.45, 7) is 1.93. The molecule has 0 radical (unpaired) electrons. The van der Waals surface area contributed by atoms with E-state index in [1.165, 1.54) is 22.0 Å². The Labute approximate surface area is 218 Å². The number of amides is 2. The molecule has 1 fully saturated rings. The maximum Gasteiger partial charge on any atom is 0.407 e. The first-order chi connectivity index (χ1) is 18.6. The molecule has 6 rings (SSSR count). The number of fused-ring (bicyclic) bond motifs is 2. The summed E-state index contributed by atoms with van der Waals surface area (Å²) in [7, 11) is 0. The fourth-order valence-corrected chi connectivity index (χ4v) is 4.84. The number of carbonyl (C=O) groups excluding carboxylic acids is 1. The standard InChI is InChI=1S/C25H21F3N6O5/c1-13-8-16-17(11-34(13)23(36)37)29-12-30-21(16)38-15-2-3-18-14(9-15)4-7-33(18)22(35)31-20-10-19(39-32-20)24(5-6-24)25(26,27)28/h2-4,7,9-10,12-13H,5-6,8,11H2,1H3,(H,36,37)(H,31,32,35). The maximum atomic E-state index is 13.3. The molecular formula is C25H21F3N6O5. The second kappa shape index (κ2) is 8.71. The molecule has 3 aromatic heterocycles. The largest absolute Gasteiger partial charge is 0.465 e. The number of nitrogens with zero attached hydrogens (tertiary/aromatic N) is 5. The van der Waals surface area contributed by atoms with Crippen LogP contribution in [0.5, 0.6) is 11.6 Å². The van der Waals surface area contributed by atoms with Crippen molar-refractivity contribution in [1.82, 2.24) is 24.6 Å². The topological polar surface area (TPSA) is 136 Å². The second-order valence-electron chi connectivity index (χ2n) is 9.66. The summed E-state index contributed by atoms with van der Waals surface area (Å²) in [4.78, 5) is 34.1. The molecule has 202 valence electrons. The molecular weight excluding hydrogens is 521 g/mol. The van der Waals surface area contributed by atoms with E-state index < -0.39 is 23.7 Å². The molecule has 0 bridgehead atoms. The van der Waals surface area contributed by atoms with Gasteiger partial charge >= 0.3 is 18.3 Å². The molecule has 1 aliphatic carbocycles. The molecule has 2 N–H and O–H groups in total. The van der Waals surface area contributed by atoms with Gasteiger partial charge in [-0.1, -0.05) is 5.16 Å². The van der Waals surface area contributed by atoms with Gasteiger partial charge in [-0.25, -0.2) is 19.6 Å². The number of ether oxygens (including phenoxy) is 1. The summed E-state index contributed by atoms with van der Waals surface area (Å²) in [5.74, 6) is 0.332. The third-order valence-electron chi connectivity index (χ3n) is 7.20. The predicted molar refractivity (Wildman–Crippen MR) is 129 cm³/mol. The van der Waals surface area contributed by atoms with E-state index in [1.807, 2.05) is 0 Å². The van der Waals surface area contributed by atoms with Crippen LogP contribution < -0.4 is 10.1 Å². The van der Waals surface area contributed by atoms with Crippen molar-refractivity contribution in [3.05, 3.63) is 59.9 Å². The van der Waals surface area contributed by atoms with E-state index in [2.05, 4.69) is 20.4 Å². The zero-order chi connectivity index (χ0) is 27.5. The molecule has 14 heteroatoms. The number of alkyl halides is 3. The summed E-state index contributed by atoms with van der Waals surface area (Å²) in [6.07, 6.45) is -2.41. The van der Waals surface area contributed by atoms with Crippen LogP contribution in [0.15, 0.2) is 47.4 Å². The lowest BCUT2D eigenvalue weighted by molar-refractivity contribution is -0.165. The van der Waals surface area contributed by atoms with E-state index >= 15 is 0 Å². The van der Waals surface area contributed by atoms with E-state index in [0.29, 0.717) is 34.6 Å². The van der Waals surface area contributed by atoms with Crippen LogP contribution in [0.1, 0.15) is 36.8 Å². The molecule has 2 amide bonds. The Hall–Kier alpha value is -4.62. The summed E-state index contributed by atoms with van der Waals surface area (Å²) in [6, 6.07) is 6.89. The monoisotopic (exact) mass is 542 g/mol. The van der Waals surface area contributed by atoms with Gasteiger partial charge in [-0.15, -0.1) is 0 Å². The molecule has 0 saturated heterocycles. The number of carbonyl (C=O) groups is 2. The van der Waals surface area contributed by atoms with Crippen LogP contribution in [0.3, 0.4) is 0 Å². The average Bonchev–Trinajstić information content (AvgIpc) is 3.41. The van der Waals surface area contributed by atoms with Crippen molar-refractivity contribution in [3.8, 4) is 11.6 Å². The number of nitrogens with one attached hydrogen (secondary N) is 1. The summed E-state index contributed by atoms with van der Waals surface area (Å²) in [5.41, 5.74) is -0.211. The highest BCUT2D eigenvalue weighted by atomic mass is 19.4. The van der Waals surface area contributed by atoms with Gasteiger partial charge in [0.05, 0.1) is 17.8 Å². The van der Waals surface area contributed by atoms with Crippen LogP contribution in [-0.4, -0.2) is 54.0 Å². The number of anilines is 1. The Kier molecular flexibility index (Phi) is 5.52. The first-order valence-electron chi connectivity index (χ1n) is 12.0. The van der Waals surface area contributed by atoms with E-state index in [0.717, 1.165) is 11.6 Å². The molecule has 0 spiro atoms. The van der Waals surface area contributed by atoms with Gasteiger partial charge in [0.15, 0.2) is 11.6 Å². The molecule has 1 atom stereocenters. The number of carboxylic acid groups (broad SMARTS) is 1. The number of hydrogen-bond acceptors (Lipinski definition) is 7. The van der Waals surface area contributed by atoms with Crippen molar-refractivity contribution in [2.75, 3.05) is 5.32 Å². The third kappa shape index (κ3) is 4.21. The molecule has 1 saturated carbocycles. The van der Waals surface area contributed by atoms with Gasteiger partial charge in [0, 0.05) is 29.3 Å². The number of aromatic nitrogens is 4. The van der Waals surface area contributed by atoms with Gasteiger partial charge in [-0.3, -0.25) is 14.8 Å². The summed E-state index contributed by atoms with van der Waals surface area (Å²) < 4.78 is 52.3. The number of rotatable bonds is 4. The molecule has 2 aliphatic rings. The summed E-state index contributed by atoms with van der Waals surface area (Å²) in [5, 5.41) is 16.1. The van der Waals surface area contributed by atoms with E-state index in [4.69, 9.17) is 9.26 Å². The SMILES string of the molecule is CC1Cc2c(ncnc2Oc2ccc3c(ccn3C(=O)Nc3cc(C4(C(F)(F)F)CC4)on3)c2)CN1C(=O)O. The zero-order valence-corrected chi connectivity index (χ0v) is 20.4. The second-order valence-corrected chi connectivity index (χ2v) is 9.66. The van der Waals surface area contributed by atoms with Crippen molar-refractivity contribution in [2.24, 2.45) is 0 Å². The Bertz CT molecular complexity index is 1610. The van der Waals surface area contributed by atoms with Crippen molar-refractivity contribution in [3.63, 3.8) is 0 Å². The van der Waals surface area contributed by atoms with Crippen LogP contribution in [-0.2, 0) is 18.4 Å². The van der Waals surface area contributed by atoms with Crippen LogP contribution in [0.2, 0.25) is 0 Å². The zero-order valence-electron chi connectivity index (χ0n) is 20.4. The first-order valence-corrected chi connectivity index (χ1v) is 12.0. The highest BCUT2D eigenvalue weighted by Gasteiger charge is 2.66. The minimum absolute atomic E-state index is 0.0800. The lowest BCUT2D eigenvalue weighted by atomic mass is 10.00. The van der Waals surface area contributed by atoms with Crippen molar-refractivity contribution < 1.29 is 37.1 Å². The first kappa shape index (κ1) is 24.7. The Morgan fingerprint density at radius 3 is 2.72 bits per heavy atom. The van der Waals surface area contributed by atoms with Gasteiger partial charge in [0.1, 0.15) is 17.5 Å². The highest BCUT2D eigenvalue weighted by Crippen LogP contribution is 2.59. The Morgan fingerprint density at radius 1 is 1.21 bits per heavy atom. The fourth-order valence-electron chi connectivity index (χ4n) is 4.84. The minimum Gasteiger partial charge on any atom is -0.465 e. The smallest absolute Gasteiger partial charge is 0.407 e. The summed E-state index contributed by atoms with van der Waals surface area (Å²) >= 11 is 0. The van der Waals surface area contributed by atoms with Crippen LogP contribution in [0, 0.1) is 0 Å². The van der Waals surface area contributed by atoms with Gasteiger partial charge < -0.3 is 14.4 Å². The van der Waals surface area contributed by atoms with Gasteiger partial charge in [0.2, 0.25) is 5.88 Å².